The number of carbonyl (C=O) groups excluding carboxylic acids is 2. The van der Waals surface area contributed by atoms with Crippen molar-refractivity contribution in [1.82, 2.24) is 10.2 Å². The quantitative estimate of drug-likeness (QED) is 0.403. The average molecular weight is 564 g/mol. The summed E-state index contributed by atoms with van der Waals surface area (Å²) >= 11 is 12.6. The smallest absolute Gasteiger partial charge is 0.242 e. The van der Waals surface area contributed by atoms with E-state index in [2.05, 4.69) is 5.32 Å². The van der Waals surface area contributed by atoms with Gasteiger partial charge in [-0.2, -0.15) is 0 Å². The minimum Gasteiger partial charge on any atom is -0.355 e. The molecule has 0 saturated carbocycles. The first kappa shape index (κ1) is 29.8. The first-order valence-electron chi connectivity index (χ1n) is 11.3. The van der Waals surface area contributed by atoms with Crippen molar-refractivity contribution >= 4 is 50.7 Å². The average Bonchev–Trinajstić information content (AvgIpc) is 2.79. The minimum atomic E-state index is -3.85. The Hall–Kier alpha value is -2.43. The third kappa shape index (κ3) is 7.78. The number of nitrogens with one attached hydrogen (secondary N) is 1. The maximum absolute atomic E-state index is 13.7. The Labute approximate surface area is 220 Å². The lowest BCUT2D eigenvalue weighted by atomic mass is 10.1. The predicted octanol–water partition coefficient (Wildman–Crippen LogP) is 4.76. The van der Waals surface area contributed by atoms with Crippen molar-refractivity contribution < 1.29 is 26.8 Å². The number of anilines is 1. The molecular weight excluding hydrogens is 535 g/mol. The molecule has 12 heteroatoms. The number of amides is 2. The molecule has 2 aromatic rings. The fourth-order valence-corrected chi connectivity index (χ4v) is 5.18. The molecule has 2 amide bonds. The van der Waals surface area contributed by atoms with Gasteiger partial charge in [-0.1, -0.05) is 36.2 Å². The topological polar surface area (TPSA) is 86.8 Å². The van der Waals surface area contributed by atoms with Crippen LogP contribution in [0.4, 0.5) is 14.5 Å². The standard InChI is InChI=1S/C24H29Cl2F2N3O4S/c1-4-22(24(33)29-5-2)30(15-17-18(25)8-6-9-19(17)26)23(32)10-7-13-31(36(3,34)35)16-11-12-20(27)21(28)14-16/h6,8-9,11-12,14,22H,4-5,7,10,13,15H2,1-3H3,(H,29,33). The Morgan fingerprint density at radius 3 is 2.22 bits per heavy atom. The van der Waals surface area contributed by atoms with Gasteiger partial charge in [0.15, 0.2) is 11.6 Å². The summed E-state index contributed by atoms with van der Waals surface area (Å²) in [6, 6.07) is 6.89. The van der Waals surface area contributed by atoms with E-state index >= 15 is 0 Å². The van der Waals surface area contributed by atoms with Crippen molar-refractivity contribution in [3.63, 3.8) is 0 Å². The van der Waals surface area contributed by atoms with Gasteiger partial charge in [-0.15, -0.1) is 0 Å². The van der Waals surface area contributed by atoms with E-state index in [0.717, 1.165) is 28.8 Å². The van der Waals surface area contributed by atoms with E-state index in [9.17, 15) is 26.8 Å². The summed E-state index contributed by atoms with van der Waals surface area (Å²) in [6.07, 6.45) is 1.20. The lowest BCUT2D eigenvalue weighted by Gasteiger charge is -2.31. The van der Waals surface area contributed by atoms with E-state index in [-0.39, 0.29) is 37.5 Å². The van der Waals surface area contributed by atoms with Gasteiger partial charge in [0.05, 0.1) is 11.9 Å². The van der Waals surface area contributed by atoms with Gasteiger partial charge in [-0.3, -0.25) is 13.9 Å². The molecule has 36 heavy (non-hydrogen) atoms. The summed E-state index contributed by atoms with van der Waals surface area (Å²) in [5, 5.41) is 3.40. The number of sulfonamides is 1. The Morgan fingerprint density at radius 2 is 1.69 bits per heavy atom. The summed E-state index contributed by atoms with van der Waals surface area (Å²) in [4.78, 5) is 27.4. The van der Waals surface area contributed by atoms with Crippen LogP contribution in [0.2, 0.25) is 10.0 Å². The molecule has 1 N–H and O–H groups in total. The number of nitrogens with zero attached hydrogens (tertiary/aromatic N) is 2. The molecule has 2 aromatic carbocycles. The summed E-state index contributed by atoms with van der Waals surface area (Å²) in [5.74, 6) is -3.04. The van der Waals surface area contributed by atoms with E-state index < -0.39 is 33.6 Å². The third-order valence-electron chi connectivity index (χ3n) is 5.47. The van der Waals surface area contributed by atoms with Crippen LogP contribution >= 0.6 is 23.2 Å². The van der Waals surface area contributed by atoms with Gasteiger partial charge in [0.2, 0.25) is 21.8 Å². The van der Waals surface area contributed by atoms with Crippen LogP contribution in [-0.2, 0) is 26.2 Å². The molecule has 0 aliphatic heterocycles. The molecule has 0 heterocycles. The lowest BCUT2D eigenvalue weighted by molar-refractivity contribution is -0.141. The minimum absolute atomic E-state index is 0.0219. The van der Waals surface area contributed by atoms with Crippen molar-refractivity contribution in [1.29, 1.82) is 0 Å². The largest absolute Gasteiger partial charge is 0.355 e. The van der Waals surface area contributed by atoms with Crippen LogP contribution in [0, 0.1) is 11.6 Å². The monoisotopic (exact) mass is 563 g/mol. The van der Waals surface area contributed by atoms with Crippen LogP contribution in [-0.4, -0.2) is 50.5 Å². The number of rotatable bonds is 12. The lowest BCUT2D eigenvalue weighted by Crippen LogP contribution is -2.49. The molecular formula is C24H29Cl2F2N3O4S. The highest BCUT2D eigenvalue weighted by molar-refractivity contribution is 7.92. The van der Waals surface area contributed by atoms with Gasteiger partial charge in [-0.25, -0.2) is 17.2 Å². The SMILES string of the molecule is CCNC(=O)C(CC)N(Cc1c(Cl)cccc1Cl)C(=O)CCCN(c1ccc(F)c(F)c1)S(C)(=O)=O. The Kier molecular flexibility index (Phi) is 10.9. The summed E-state index contributed by atoms with van der Waals surface area (Å²) in [6.45, 7) is 3.73. The van der Waals surface area contributed by atoms with Crippen molar-refractivity contribution in [2.45, 2.75) is 45.7 Å². The number of likely N-dealkylation sites (N-methyl/N-ethyl adjacent to an activating group) is 1. The summed E-state index contributed by atoms with van der Waals surface area (Å²) < 4.78 is 52.5. The first-order chi connectivity index (χ1) is 16.9. The third-order valence-corrected chi connectivity index (χ3v) is 7.37. The van der Waals surface area contributed by atoms with Crippen molar-refractivity contribution in [3.8, 4) is 0 Å². The molecule has 0 spiro atoms. The Morgan fingerprint density at radius 1 is 1.06 bits per heavy atom. The molecule has 1 unspecified atom stereocenters. The molecule has 0 aliphatic carbocycles. The van der Waals surface area contributed by atoms with Gasteiger partial charge >= 0.3 is 0 Å². The van der Waals surface area contributed by atoms with Crippen LogP contribution in [0.5, 0.6) is 0 Å². The number of carbonyl (C=O) groups is 2. The molecule has 0 fully saturated rings. The fourth-order valence-electron chi connectivity index (χ4n) is 3.71. The highest BCUT2D eigenvalue weighted by Gasteiger charge is 2.29. The van der Waals surface area contributed by atoms with Gasteiger partial charge in [-0.05, 0) is 44.0 Å². The van der Waals surface area contributed by atoms with Crippen molar-refractivity contribution in [2.24, 2.45) is 0 Å². The second-order valence-electron chi connectivity index (χ2n) is 8.08. The maximum Gasteiger partial charge on any atom is 0.242 e. The second kappa shape index (κ2) is 13.2. The van der Waals surface area contributed by atoms with Crippen LogP contribution in [0.15, 0.2) is 36.4 Å². The Balaban J connectivity index is 2.27. The van der Waals surface area contributed by atoms with Gasteiger partial charge in [0, 0.05) is 47.7 Å². The molecule has 0 saturated heterocycles. The predicted molar refractivity (Wildman–Crippen MR) is 138 cm³/mol. The molecule has 0 aromatic heterocycles. The number of hydrogen-bond donors (Lipinski definition) is 1. The van der Waals surface area contributed by atoms with Crippen molar-refractivity contribution in [2.75, 3.05) is 23.7 Å². The van der Waals surface area contributed by atoms with Gasteiger partial charge < -0.3 is 10.2 Å². The number of hydrogen-bond acceptors (Lipinski definition) is 4. The molecule has 2 rings (SSSR count). The van der Waals surface area contributed by atoms with Crippen LogP contribution in [0.25, 0.3) is 0 Å². The fraction of sp³-hybridized carbons (Fsp3) is 0.417. The van der Waals surface area contributed by atoms with E-state index in [1.807, 2.05) is 0 Å². The normalized spacial score (nSPS) is 12.2. The van der Waals surface area contributed by atoms with E-state index in [0.29, 0.717) is 28.6 Å². The van der Waals surface area contributed by atoms with E-state index in [1.165, 1.54) is 4.90 Å². The number of halogens is 4. The van der Waals surface area contributed by atoms with Gasteiger partial charge in [0.25, 0.3) is 0 Å². The zero-order valence-electron chi connectivity index (χ0n) is 20.2. The first-order valence-corrected chi connectivity index (χ1v) is 13.9. The zero-order valence-corrected chi connectivity index (χ0v) is 22.6. The highest BCUT2D eigenvalue weighted by Crippen LogP contribution is 2.28. The molecule has 1 atom stereocenters. The molecule has 0 radical (unpaired) electrons. The zero-order chi connectivity index (χ0) is 27.0. The highest BCUT2D eigenvalue weighted by atomic mass is 35.5. The van der Waals surface area contributed by atoms with Crippen LogP contribution < -0.4 is 9.62 Å². The van der Waals surface area contributed by atoms with E-state index in [4.69, 9.17) is 23.2 Å². The van der Waals surface area contributed by atoms with Crippen molar-refractivity contribution in [3.05, 3.63) is 63.6 Å². The maximum atomic E-state index is 13.7. The van der Waals surface area contributed by atoms with Crippen LogP contribution in [0.3, 0.4) is 0 Å². The van der Waals surface area contributed by atoms with Crippen LogP contribution in [0.1, 0.15) is 38.7 Å². The Bertz CT molecular complexity index is 1180. The summed E-state index contributed by atoms with van der Waals surface area (Å²) in [5.41, 5.74) is 0.425. The van der Waals surface area contributed by atoms with E-state index in [1.54, 1.807) is 32.0 Å². The van der Waals surface area contributed by atoms with Gasteiger partial charge in [0.1, 0.15) is 6.04 Å². The summed E-state index contributed by atoms with van der Waals surface area (Å²) in [7, 11) is -3.85. The molecule has 7 nitrogen and oxygen atoms in total. The molecule has 198 valence electrons. The molecule has 0 aliphatic rings. The molecule has 0 bridgehead atoms. The second-order valence-corrected chi connectivity index (χ2v) is 10.8. The number of benzene rings is 2.